The van der Waals surface area contributed by atoms with Crippen LogP contribution in [0.5, 0.6) is 0 Å². The Morgan fingerprint density at radius 3 is 2.79 bits per heavy atom. The number of carbonyl (C=O) groups excluding carboxylic acids is 1. The van der Waals surface area contributed by atoms with Gasteiger partial charge in [-0.2, -0.15) is 5.10 Å². The summed E-state index contributed by atoms with van der Waals surface area (Å²) in [5.41, 5.74) is 1.76. The minimum Gasteiger partial charge on any atom is -0.379 e. The van der Waals surface area contributed by atoms with Gasteiger partial charge in [0.25, 0.3) is 5.91 Å². The van der Waals surface area contributed by atoms with E-state index in [1.807, 2.05) is 6.92 Å². The van der Waals surface area contributed by atoms with Crippen molar-refractivity contribution >= 4 is 5.91 Å². The number of H-pyrrole nitrogens is 1. The van der Waals surface area contributed by atoms with Crippen LogP contribution in [0, 0.1) is 5.82 Å². The standard InChI is InChI=1S/C17H21FN4O2/c1-12(11-22-6-8-24-9-7-22)19-17(23)16-10-15(20-21-16)13-2-4-14(18)5-3-13/h2-5,10,12H,6-9,11H2,1H3,(H,19,23)(H,20,21). The van der Waals surface area contributed by atoms with Crippen LogP contribution in [0.2, 0.25) is 0 Å². The maximum atomic E-state index is 13.0. The van der Waals surface area contributed by atoms with Crippen molar-refractivity contribution in [2.75, 3.05) is 32.8 Å². The second-order valence-corrected chi connectivity index (χ2v) is 5.96. The normalized spacial score (nSPS) is 16.8. The summed E-state index contributed by atoms with van der Waals surface area (Å²) >= 11 is 0. The van der Waals surface area contributed by atoms with Crippen molar-refractivity contribution in [1.82, 2.24) is 20.4 Å². The van der Waals surface area contributed by atoms with Gasteiger partial charge in [-0.25, -0.2) is 4.39 Å². The average Bonchev–Trinajstić information content (AvgIpc) is 3.06. The number of morpholine rings is 1. The molecule has 0 bridgehead atoms. The summed E-state index contributed by atoms with van der Waals surface area (Å²) < 4.78 is 18.3. The van der Waals surface area contributed by atoms with Crippen LogP contribution in [0.3, 0.4) is 0 Å². The van der Waals surface area contributed by atoms with Gasteiger partial charge in [0.05, 0.1) is 18.9 Å². The zero-order valence-corrected chi connectivity index (χ0v) is 13.6. The van der Waals surface area contributed by atoms with Gasteiger partial charge in [0.1, 0.15) is 11.5 Å². The topological polar surface area (TPSA) is 70.2 Å². The molecule has 128 valence electrons. The number of ether oxygens (including phenoxy) is 1. The molecule has 3 rings (SSSR count). The lowest BCUT2D eigenvalue weighted by Crippen LogP contribution is -2.46. The number of hydrogen-bond acceptors (Lipinski definition) is 4. The number of nitrogens with one attached hydrogen (secondary N) is 2. The molecule has 1 aromatic heterocycles. The van der Waals surface area contributed by atoms with Crippen LogP contribution >= 0.6 is 0 Å². The maximum absolute atomic E-state index is 13.0. The number of rotatable bonds is 5. The van der Waals surface area contributed by atoms with E-state index in [4.69, 9.17) is 4.74 Å². The Bertz CT molecular complexity index is 680. The fraction of sp³-hybridized carbons (Fsp3) is 0.412. The van der Waals surface area contributed by atoms with Crippen molar-refractivity contribution in [2.24, 2.45) is 0 Å². The van der Waals surface area contributed by atoms with Crippen molar-refractivity contribution in [2.45, 2.75) is 13.0 Å². The molecule has 6 nitrogen and oxygen atoms in total. The molecule has 0 radical (unpaired) electrons. The number of benzene rings is 1. The summed E-state index contributed by atoms with van der Waals surface area (Å²) in [5, 5.41) is 9.83. The highest BCUT2D eigenvalue weighted by Gasteiger charge is 2.17. The van der Waals surface area contributed by atoms with E-state index in [9.17, 15) is 9.18 Å². The Hall–Kier alpha value is -2.25. The molecule has 1 unspecified atom stereocenters. The van der Waals surface area contributed by atoms with E-state index in [1.165, 1.54) is 12.1 Å². The largest absolute Gasteiger partial charge is 0.379 e. The van der Waals surface area contributed by atoms with Gasteiger partial charge >= 0.3 is 0 Å². The van der Waals surface area contributed by atoms with Gasteiger partial charge in [0, 0.05) is 31.2 Å². The second kappa shape index (κ2) is 7.55. The highest BCUT2D eigenvalue weighted by molar-refractivity contribution is 5.93. The van der Waals surface area contributed by atoms with Crippen LogP contribution < -0.4 is 5.32 Å². The highest BCUT2D eigenvalue weighted by Crippen LogP contribution is 2.18. The third kappa shape index (κ3) is 4.18. The molecule has 1 atom stereocenters. The Morgan fingerprint density at radius 2 is 2.08 bits per heavy atom. The summed E-state index contributed by atoms with van der Waals surface area (Å²) in [5.74, 6) is -0.499. The number of hydrogen-bond donors (Lipinski definition) is 2. The molecule has 0 saturated carbocycles. The molecule has 1 fully saturated rings. The third-order valence-electron chi connectivity index (χ3n) is 3.98. The van der Waals surface area contributed by atoms with Gasteiger partial charge in [-0.1, -0.05) is 0 Å². The van der Waals surface area contributed by atoms with E-state index in [0.29, 0.717) is 11.4 Å². The molecule has 0 aliphatic carbocycles. The minimum atomic E-state index is -0.302. The van der Waals surface area contributed by atoms with Crippen LogP contribution in [-0.2, 0) is 4.74 Å². The number of amides is 1. The molecule has 1 aromatic carbocycles. The van der Waals surface area contributed by atoms with E-state index in [0.717, 1.165) is 38.4 Å². The predicted molar refractivity (Wildman–Crippen MR) is 88.2 cm³/mol. The summed E-state index contributed by atoms with van der Waals surface area (Å²) in [6, 6.07) is 7.70. The Kier molecular flexibility index (Phi) is 5.22. The van der Waals surface area contributed by atoms with Crippen molar-refractivity contribution in [3.05, 3.63) is 41.8 Å². The zero-order chi connectivity index (χ0) is 16.9. The highest BCUT2D eigenvalue weighted by atomic mass is 19.1. The van der Waals surface area contributed by atoms with Gasteiger partial charge in [0.2, 0.25) is 0 Å². The predicted octanol–water partition coefficient (Wildman–Crippen LogP) is 1.67. The molecule has 24 heavy (non-hydrogen) atoms. The Labute approximate surface area is 140 Å². The van der Waals surface area contributed by atoms with E-state index in [-0.39, 0.29) is 17.8 Å². The molecule has 1 aliphatic heterocycles. The van der Waals surface area contributed by atoms with E-state index in [2.05, 4.69) is 20.4 Å². The summed E-state index contributed by atoms with van der Waals surface area (Å²) in [7, 11) is 0. The quantitative estimate of drug-likeness (QED) is 0.874. The van der Waals surface area contributed by atoms with Crippen LogP contribution in [0.4, 0.5) is 4.39 Å². The van der Waals surface area contributed by atoms with E-state index >= 15 is 0 Å². The van der Waals surface area contributed by atoms with Crippen molar-refractivity contribution in [3.8, 4) is 11.3 Å². The van der Waals surface area contributed by atoms with Crippen LogP contribution in [0.1, 0.15) is 17.4 Å². The molecule has 2 heterocycles. The lowest BCUT2D eigenvalue weighted by atomic mass is 10.1. The third-order valence-corrected chi connectivity index (χ3v) is 3.98. The molecular weight excluding hydrogens is 311 g/mol. The van der Waals surface area contributed by atoms with Gasteiger partial charge in [-0.05, 0) is 37.3 Å². The van der Waals surface area contributed by atoms with Gasteiger partial charge in [-0.15, -0.1) is 0 Å². The number of aromatic nitrogens is 2. The van der Waals surface area contributed by atoms with Crippen LogP contribution in [0.15, 0.2) is 30.3 Å². The van der Waals surface area contributed by atoms with Gasteiger partial charge in [-0.3, -0.25) is 14.8 Å². The second-order valence-electron chi connectivity index (χ2n) is 5.96. The van der Waals surface area contributed by atoms with Crippen LogP contribution in [0.25, 0.3) is 11.3 Å². The first-order chi connectivity index (χ1) is 11.6. The number of halogens is 1. The molecule has 1 saturated heterocycles. The lowest BCUT2D eigenvalue weighted by molar-refractivity contribution is 0.0342. The zero-order valence-electron chi connectivity index (χ0n) is 13.6. The fourth-order valence-corrected chi connectivity index (χ4v) is 2.72. The first-order valence-electron chi connectivity index (χ1n) is 8.04. The first-order valence-corrected chi connectivity index (χ1v) is 8.04. The van der Waals surface area contributed by atoms with Crippen molar-refractivity contribution in [3.63, 3.8) is 0 Å². The summed E-state index contributed by atoms with van der Waals surface area (Å²) in [6.07, 6.45) is 0. The monoisotopic (exact) mass is 332 g/mol. The Balaban J connectivity index is 1.58. The van der Waals surface area contributed by atoms with Crippen LogP contribution in [-0.4, -0.2) is 59.9 Å². The van der Waals surface area contributed by atoms with Crippen molar-refractivity contribution < 1.29 is 13.9 Å². The van der Waals surface area contributed by atoms with E-state index < -0.39 is 0 Å². The number of aromatic amines is 1. The maximum Gasteiger partial charge on any atom is 0.269 e. The van der Waals surface area contributed by atoms with Gasteiger partial charge in [0.15, 0.2) is 0 Å². The molecular formula is C17H21FN4O2. The molecule has 0 spiro atoms. The summed E-state index contributed by atoms with van der Waals surface area (Å²) in [4.78, 5) is 14.6. The SMILES string of the molecule is CC(CN1CCOCC1)NC(=O)c1cc(-c2ccc(F)cc2)n[nH]1. The summed E-state index contributed by atoms with van der Waals surface area (Å²) in [6.45, 7) is 6.02. The number of nitrogens with zero attached hydrogens (tertiary/aromatic N) is 2. The van der Waals surface area contributed by atoms with Crippen molar-refractivity contribution in [1.29, 1.82) is 0 Å². The number of carbonyl (C=O) groups is 1. The molecule has 1 aliphatic rings. The average molecular weight is 332 g/mol. The molecule has 2 N–H and O–H groups in total. The smallest absolute Gasteiger partial charge is 0.269 e. The van der Waals surface area contributed by atoms with E-state index in [1.54, 1.807) is 18.2 Å². The Morgan fingerprint density at radius 1 is 1.38 bits per heavy atom. The molecule has 2 aromatic rings. The molecule has 7 heteroatoms. The lowest BCUT2D eigenvalue weighted by Gasteiger charge is -2.29. The van der Waals surface area contributed by atoms with Gasteiger partial charge < -0.3 is 10.1 Å². The fourth-order valence-electron chi connectivity index (χ4n) is 2.72. The minimum absolute atomic E-state index is 0.0215. The first kappa shape index (κ1) is 16.6. The molecule has 1 amide bonds.